The Morgan fingerprint density at radius 1 is 0.862 bits per heavy atom. The van der Waals surface area contributed by atoms with Crippen molar-refractivity contribution in [3.8, 4) is 0 Å². The molecular weight excluding hydrogens is 379 g/mol. The SMILES string of the molecule is C[N+](C)=C/C=c1/c2cccc3cccc(c32)n1Cc1ccccc1.F[B-](F)(F)F. The lowest BCUT2D eigenvalue weighted by Gasteiger charge is -2.06. The van der Waals surface area contributed by atoms with Gasteiger partial charge in [-0.3, -0.25) is 0 Å². The lowest BCUT2D eigenvalue weighted by molar-refractivity contribution is -0.457. The summed E-state index contributed by atoms with van der Waals surface area (Å²) >= 11 is 0. The minimum absolute atomic E-state index is 0.877. The van der Waals surface area contributed by atoms with E-state index in [1.807, 2.05) is 0 Å². The summed E-state index contributed by atoms with van der Waals surface area (Å²) in [5.74, 6) is 0. The molecule has 0 spiro atoms. The number of hydrogen-bond acceptors (Lipinski definition) is 0. The fourth-order valence-electron chi connectivity index (χ4n) is 3.37. The van der Waals surface area contributed by atoms with Crippen molar-refractivity contribution in [3.05, 3.63) is 77.6 Å². The maximum atomic E-state index is 9.75. The monoisotopic (exact) mass is 400 g/mol. The summed E-state index contributed by atoms with van der Waals surface area (Å²) in [5, 5.41) is 5.24. The first-order valence-corrected chi connectivity index (χ1v) is 9.16. The summed E-state index contributed by atoms with van der Waals surface area (Å²) in [5.41, 5.74) is 2.61. The second-order valence-electron chi connectivity index (χ2n) is 6.91. The van der Waals surface area contributed by atoms with Gasteiger partial charge in [0, 0.05) is 23.4 Å². The Bertz CT molecular complexity index is 1180. The minimum atomic E-state index is -6.00. The van der Waals surface area contributed by atoms with Crippen molar-refractivity contribution < 1.29 is 21.8 Å². The van der Waals surface area contributed by atoms with Crippen molar-refractivity contribution in [2.75, 3.05) is 14.1 Å². The van der Waals surface area contributed by atoms with Crippen LogP contribution in [0.4, 0.5) is 17.3 Å². The molecule has 3 aromatic carbocycles. The average molecular weight is 400 g/mol. The number of aromatic nitrogens is 1. The minimum Gasteiger partial charge on any atom is -0.418 e. The van der Waals surface area contributed by atoms with Crippen LogP contribution in [0.3, 0.4) is 0 Å². The number of nitrogens with zero attached hydrogens (tertiary/aromatic N) is 2. The highest BCUT2D eigenvalue weighted by Crippen LogP contribution is 2.26. The van der Waals surface area contributed by atoms with Crippen molar-refractivity contribution in [1.29, 1.82) is 0 Å². The van der Waals surface area contributed by atoms with Crippen molar-refractivity contribution in [2.45, 2.75) is 6.54 Å². The Morgan fingerprint density at radius 2 is 1.48 bits per heavy atom. The topological polar surface area (TPSA) is 7.94 Å². The summed E-state index contributed by atoms with van der Waals surface area (Å²) in [6.07, 6.45) is 4.34. The van der Waals surface area contributed by atoms with Gasteiger partial charge in [0.1, 0.15) is 14.1 Å². The molecule has 2 nitrogen and oxygen atoms in total. The molecule has 7 heteroatoms. The quantitative estimate of drug-likeness (QED) is 0.198. The first-order chi connectivity index (χ1) is 13.7. The highest BCUT2D eigenvalue weighted by molar-refractivity contribution is 6.50. The fourth-order valence-corrected chi connectivity index (χ4v) is 3.37. The predicted molar refractivity (Wildman–Crippen MR) is 113 cm³/mol. The van der Waals surface area contributed by atoms with Gasteiger partial charge in [-0.1, -0.05) is 60.7 Å². The van der Waals surface area contributed by atoms with Gasteiger partial charge in [-0.2, -0.15) is 0 Å². The molecule has 0 atom stereocenters. The Morgan fingerprint density at radius 3 is 2.10 bits per heavy atom. The highest BCUT2D eigenvalue weighted by atomic mass is 19.5. The van der Waals surface area contributed by atoms with E-state index in [1.165, 1.54) is 32.6 Å². The molecule has 0 N–H and O–H groups in total. The first kappa shape index (κ1) is 20.6. The lowest BCUT2D eigenvalue weighted by atomic mass is 10.1. The third-order valence-electron chi connectivity index (χ3n) is 4.45. The number of halogens is 4. The highest BCUT2D eigenvalue weighted by Gasteiger charge is 2.20. The van der Waals surface area contributed by atoms with E-state index in [1.54, 1.807) is 0 Å². The Hall–Kier alpha value is -3.09. The average Bonchev–Trinajstić information content (AvgIpc) is 2.95. The van der Waals surface area contributed by atoms with Gasteiger partial charge in [0.05, 0.1) is 10.9 Å². The maximum absolute atomic E-state index is 9.75. The molecule has 0 bridgehead atoms. The van der Waals surface area contributed by atoms with E-state index in [-0.39, 0.29) is 0 Å². The van der Waals surface area contributed by atoms with Crippen molar-refractivity contribution in [2.24, 2.45) is 0 Å². The first-order valence-electron chi connectivity index (χ1n) is 9.16. The molecule has 4 aromatic rings. The largest absolute Gasteiger partial charge is 0.673 e. The van der Waals surface area contributed by atoms with Gasteiger partial charge >= 0.3 is 7.25 Å². The van der Waals surface area contributed by atoms with E-state index in [4.69, 9.17) is 0 Å². The second-order valence-corrected chi connectivity index (χ2v) is 6.91. The maximum Gasteiger partial charge on any atom is 0.673 e. The molecule has 29 heavy (non-hydrogen) atoms. The molecule has 1 heterocycles. The smallest absolute Gasteiger partial charge is 0.418 e. The molecule has 0 unspecified atom stereocenters. The van der Waals surface area contributed by atoms with Crippen LogP contribution in [-0.2, 0) is 6.54 Å². The third kappa shape index (κ3) is 5.25. The zero-order valence-electron chi connectivity index (χ0n) is 16.2. The van der Waals surface area contributed by atoms with E-state index in [0.29, 0.717) is 0 Å². The van der Waals surface area contributed by atoms with Gasteiger partial charge in [0.25, 0.3) is 0 Å². The number of benzene rings is 3. The van der Waals surface area contributed by atoms with Gasteiger partial charge in [0.2, 0.25) is 0 Å². The molecule has 0 radical (unpaired) electrons. The predicted octanol–water partition coefficient (Wildman–Crippen LogP) is 4.99. The Kier molecular flexibility index (Phi) is 6.06. The van der Waals surface area contributed by atoms with Gasteiger partial charge in [-0.15, -0.1) is 0 Å². The van der Waals surface area contributed by atoms with E-state index in [2.05, 4.69) is 102 Å². The summed E-state index contributed by atoms with van der Waals surface area (Å²) in [4.78, 5) is 0. The molecule has 0 aliphatic rings. The second kappa shape index (κ2) is 8.51. The zero-order chi connectivity index (χ0) is 21.0. The molecule has 0 saturated carbocycles. The van der Waals surface area contributed by atoms with Gasteiger partial charge in [-0.25, -0.2) is 4.58 Å². The molecule has 150 valence electrons. The van der Waals surface area contributed by atoms with Crippen LogP contribution in [0.2, 0.25) is 0 Å². The van der Waals surface area contributed by atoms with Crippen LogP contribution in [-0.4, -0.2) is 36.7 Å². The summed E-state index contributed by atoms with van der Waals surface area (Å²) < 4.78 is 43.5. The van der Waals surface area contributed by atoms with Crippen LogP contribution in [0.5, 0.6) is 0 Å². The van der Waals surface area contributed by atoms with Crippen molar-refractivity contribution >= 4 is 41.2 Å². The van der Waals surface area contributed by atoms with Crippen molar-refractivity contribution in [1.82, 2.24) is 4.57 Å². The Balaban J connectivity index is 0.000000431. The van der Waals surface area contributed by atoms with Gasteiger partial charge in [0.15, 0.2) is 6.21 Å². The number of rotatable bonds is 3. The zero-order valence-corrected chi connectivity index (χ0v) is 16.2. The van der Waals surface area contributed by atoms with Crippen molar-refractivity contribution in [3.63, 3.8) is 0 Å². The van der Waals surface area contributed by atoms with Crippen LogP contribution in [0.25, 0.3) is 27.8 Å². The standard InChI is InChI=1S/C22H21N2.BF4/c1-23(2)15-14-20-19-12-6-10-18-11-7-13-21(22(18)19)24(20)16-17-8-4-3-5-9-17;2-1(3,4)5/h3-15H,16H2,1-2H3;/q+1;-1. The summed E-state index contributed by atoms with van der Waals surface area (Å²) in [6, 6.07) is 23.8. The molecule has 0 saturated heterocycles. The molecule has 1 aromatic heterocycles. The van der Waals surface area contributed by atoms with Gasteiger partial charge in [-0.05, 0) is 17.0 Å². The van der Waals surface area contributed by atoms with E-state index in [0.717, 1.165) is 6.54 Å². The van der Waals surface area contributed by atoms with Crippen LogP contribution in [0.15, 0.2) is 66.7 Å². The molecule has 0 aliphatic heterocycles. The van der Waals surface area contributed by atoms with E-state index in [9.17, 15) is 17.3 Å². The van der Waals surface area contributed by atoms with Crippen LogP contribution >= 0.6 is 0 Å². The lowest BCUT2D eigenvalue weighted by Crippen LogP contribution is -2.18. The molecule has 4 rings (SSSR count). The summed E-state index contributed by atoms with van der Waals surface area (Å²) in [7, 11) is -1.89. The molecular formula is C22H21BF4N2. The van der Waals surface area contributed by atoms with Crippen LogP contribution < -0.4 is 5.35 Å². The number of hydrogen-bond donors (Lipinski definition) is 0. The molecule has 0 aliphatic carbocycles. The van der Waals surface area contributed by atoms with E-state index < -0.39 is 7.25 Å². The van der Waals surface area contributed by atoms with E-state index >= 15 is 0 Å². The third-order valence-corrected chi connectivity index (χ3v) is 4.45. The molecule has 0 fully saturated rings. The summed E-state index contributed by atoms with van der Waals surface area (Å²) in [6.45, 7) is 0.877. The fraction of sp³-hybridized carbons (Fsp3) is 0.136. The van der Waals surface area contributed by atoms with Gasteiger partial charge < -0.3 is 21.8 Å². The van der Waals surface area contributed by atoms with Crippen LogP contribution in [0.1, 0.15) is 5.56 Å². The Labute approximate surface area is 166 Å². The normalized spacial score (nSPS) is 12.1. The van der Waals surface area contributed by atoms with Crippen LogP contribution in [0, 0.1) is 0 Å². The molecule has 0 amide bonds.